The maximum Gasteiger partial charge on any atom is 0.240 e. The van der Waals surface area contributed by atoms with Crippen molar-refractivity contribution in [3.05, 3.63) is 57.0 Å². The Hall–Kier alpha value is -1.75. The van der Waals surface area contributed by atoms with Crippen LogP contribution in [0.1, 0.15) is 18.4 Å². The summed E-state index contributed by atoms with van der Waals surface area (Å²) >= 11 is 18.1. The minimum absolute atomic E-state index is 0.249. The van der Waals surface area contributed by atoms with Gasteiger partial charge in [-0.2, -0.15) is 0 Å². The summed E-state index contributed by atoms with van der Waals surface area (Å²) in [5.41, 5.74) is 0.759. The first-order valence-corrected chi connectivity index (χ1v) is 8.80. The lowest BCUT2D eigenvalue weighted by Crippen LogP contribution is -2.35. The minimum atomic E-state index is -1.09. The summed E-state index contributed by atoms with van der Waals surface area (Å²) in [5.74, 6) is -0.754. The van der Waals surface area contributed by atoms with Crippen LogP contribution >= 0.6 is 34.8 Å². The number of benzene rings is 2. The van der Waals surface area contributed by atoms with Crippen LogP contribution in [0.25, 0.3) is 0 Å². The number of rotatable bonds is 4. The van der Waals surface area contributed by atoms with E-state index in [1.807, 2.05) is 13.0 Å². The Morgan fingerprint density at radius 2 is 1.64 bits per heavy atom. The van der Waals surface area contributed by atoms with E-state index in [-0.39, 0.29) is 10.9 Å². The van der Waals surface area contributed by atoms with Gasteiger partial charge in [-0.15, -0.1) is 0 Å². The summed E-state index contributed by atoms with van der Waals surface area (Å²) in [6, 6.07) is 10.2. The van der Waals surface area contributed by atoms with Crippen LogP contribution in [0, 0.1) is 12.3 Å². The Bertz CT molecular complexity index is 863. The predicted octanol–water partition coefficient (Wildman–Crippen LogP) is 5.31. The summed E-state index contributed by atoms with van der Waals surface area (Å²) in [6.07, 6.45) is 0.949. The number of amides is 2. The molecule has 0 atom stereocenters. The van der Waals surface area contributed by atoms with Crippen molar-refractivity contribution in [1.29, 1.82) is 0 Å². The average Bonchev–Trinajstić information content (AvgIpc) is 3.37. The molecule has 0 heterocycles. The summed E-state index contributed by atoms with van der Waals surface area (Å²) in [5, 5.41) is 6.60. The Morgan fingerprint density at radius 3 is 2.28 bits per heavy atom. The lowest BCUT2D eigenvalue weighted by Gasteiger charge is -2.16. The van der Waals surface area contributed by atoms with Gasteiger partial charge in [-0.3, -0.25) is 9.59 Å². The van der Waals surface area contributed by atoms with Gasteiger partial charge in [0.05, 0.1) is 15.7 Å². The van der Waals surface area contributed by atoms with Crippen molar-refractivity contribution < 1.29 is 9.59 Å². The standard InChI is InChI=1S/C18H15Cl3N2O2/c1-10-5-6-11(9-13(10)20)22-16(24)18(7-8-18)17(25)23-14-4-2-3-12(19)15(14)21/h2-6,9H,7-8H2,1H3,(H,22,24)(H,23,25). The van der Waals surface area contributed by atoms with Crippen LogP contribution < -0.4 is 10.6 Å². The number of carbonyl (C=O) groups excluding carboxylic acids is 2. The van der Waals surface area contributed by atoms with Gasteiger partial charge in [-0.25, -0.2) is 0 Å². The van der Waals surface area contributed by atoms with Crippen LogP contribution in [0.15, 0.2) is 36.4 Å². The Morgan fingerprint density at radius 1 is 0.960 bits per heavy atom. The third kappa shape index (κ3) is 3.61. The van der Waals surface area contributed by atoms with E-state index in [9.17, 15) is 9.59 Å². The van der Waals surface area contributed by atoms with Crippen molar-refractivity contribution >= 4 is 58.0 Å². The van der Waals surface area contributed by atoms with Crippen LogP contribution in [0.3, 0.4) is 0 Å². The smallest absolute Gasteiger partial charge is 0.240 e. The average molecular weight is 398 g/mol. The van der Waals surface area contributed by atoms with Gasteiger partial charge < -0.3 is 10.6 Å². The molecule has 1 fully saturated rings. The third-order valence-electron chi connectivity index (χ3n) is 4.25. The second kappa shape index (κ2) is 6.87. The van der Waals surface area contributed by atoms with Crippen molar-refractivity contribution in [2.75, 3.05) is 10.6 Å². The fourth-order valence-electron chi connectivity index (χ4n) is 2.45. The largest absolute Gasteiger partial charge is 0.325 e. The number of hydrogen-bond acceptors (Lipinski definition) is 2. The summed E-state index contributed by atoms with van der Waals surface area (Å²) in [7, 11) is 0. The maximum absolute atomic E-state index is 12.6. The molecule has 1 aliphatic carbocycles. The number of nitrogens with one attached hydrogen (secondary N) is 2. The molecule has 1 aliphatic rings. The van der Waals surface area contributed by atoms with Gasteiger partial charge in [-0.1, -0.05) is 46.9 Å². The van der Waals surface area contributed by atoms with E-state index in [0.29, 0.717) is 34.3 Å². The quantitative estimate of drug-likeness (QED) is 0.687. The minimum Gasteiger partial charge on any atom is -0.325 e. The molecule has 0 saturated heterocycles. The zero-order chi connectivity index (χ0) is 18.2. The molecule has 4 nitrogen and oxygen atoms in total. The number of aryl methyl sites for hydroxylation is 1. The zero-order valence-corrected chi connectivity index (χ0v) is 15.6. The number of carbonyl (C=O) groups is 2. The summed E-state index contributed by atoms with van der Waals surface area (Å²) in [4.78, 5) is 25.2. The van der Waals surface area contributed by atoms with Crippen LogP contribution in [0.2, 0.25) is 15.1 Å². The van der Waals surface area contributed by atoms with Crippen LogP contribution in [0.4, 0.5) is 11.4 Å². The van der Waals surface area contributed by atoms with Crippen molar-refractivity contribution in [1.82, 2.24) is 0 Å². The number of halogens is 3. The molecular formula is C18H15Cl3N2O2. The Balaban J connectivity index is 1.74. The molecule has 0 unspecified atom stereocenters. The molecule has 2 amide bonds. The number of hydrogen-bond donors (Lipinski definition) is 2. The molecule has 2 N–H and O–H groups in total. The van der Waals surface area contributed by atoms with E-state index in [0.717, 1.165) is 5.56 Å². The third-order valence-corrected chi connectivity index (χ3v) is 5.47. The van der Waals surface area contributed by atoms with Gasteiger partial charge in [0.2, 0.25) is 11.8 Å². The van der Waals surface area contributed by atoms with E-state index >= 15 is 0 Å². The van der Waals surface area contributed by atoms with E-state index < -0.39 is 11.3 Å². The molecule has 0 aromatic heterocycles. The molecular weight excluding hydrogens is 383 g/mol. The van der Waals surface area contributed by atoms with Gasteiger partial charge in [0.25, 0.3) is 0 Å². The molecule has 0 bridgehead atoms. The topological polar surface area (TPSA) is 58.2 Å². The van der Waals surface area contributed by atoms with Crippen molar-refractivity contribution in [3.63, 3.8) is 0 Å². The highest BCUT2D eigenvalue weighted by atomic mass is 35.5. The molecule has 2 aromatic carbocycles. The molecule has 2 aromatic rings. The highest BCUT2D eigenvalue weighted by Crippen LogP contribution is 2.48. The molecule has 130 valence electrons. The lowest BCUT2D eigenvalue weighted by molar-refractivity contribution is -0.131. The Labute approximate surface area is 160 Å². The van der Waals surface area contributed by atoms with Crippen LogP contribution in [0.5, 0.6) is 0 Å². The van der Waals surface area contributed by atoms with E-state index in [1.165, 1.54) is 0 Å². The first kappa shape index (κ1) is 18.1. The SMILES string of the molecule is Cc1ccc(NC(=O)C2(C(=O)Nc3cccc(Cl)c3Cl)CC2)cc1Cl. The fraction of sp³-hybridized carbons (Fsp3) is 0.222. The molecule has 7 heteroatoms. The molecule has 0 radical (unpaired) electrons. The maximum atomic E-state index is 12.6. The van der Waals surface area contributed by atoms with Gasteiger partial charge in [-0.05, 0) is 49.6 Å². The Kier molecular flexibility index (Phi) is 4.96. The zero-order valence-electron chi connectivity index (χ0n) is 13.3. The first-order valence-electron chi connectivity index (χ1n) is 7.66. The summed E-state index contributed by atoms with van der Waals surface area (Å²) < 4.78 is 0. The summed E-state index contributed by atoms with van der Waals surface area (Å²) in [6.45, 7) is 1.87. The van der Waals surface area contributed by atoms with E-state index in [1.54, 1.807) is 30.3 Å². The van der Waals surface area contributed by atoms with Gasteiger partial charge in [0.15, 0.2) is 0 Å². The molecule has 0 aliphatic heterocycles. The second-order valence-corrected chi connectivity index (χ2v) is 7.25. The van der Waals surface area contributed by atoms with Crippen LogP contribution in [-0.4, -0.2) is 11.8 Å². The second-order valence-electron chi connectivity index (χ2n) is 6.06. The van der Waals surface area contributed by atoms with Gasteiger partial charge in [0, 0.05) is 10.7 Å². The first-order chi connectivity index (χ1) is 11.8. The fourth-order valence-corrected chi connectivity index (χ4v) is 2.97. The lowest BCUT2D eigenvalue weighted by atomic mass is 10.0. The van der Waals surface area contributed by atoms with E-state index in [2.05, 4.69) is 10.6 Å². The van der Waals surface area contributed by atoms with Crippen LogP contribution in [-0.2, 0) is 9.59 Å². The predicted molar refractivity (Wildman–Crippen MR) is 102 cm³/mol. The molecule has 3 rings (SSSR count). The monoisotopic (exact) mass is 396 g/mol. The van der Waals surface area contributed by atoms with Crippen molar-refractivity contribution in [2.24, 2.45) is 5.41 Å². The molecule has 25 heavy (non-hydrogen) atoms. The molecule has 0 spiro atoms. The normalized spacial score (nSPS) is 14.7. The van der Waals surface area contributed by atoms with Gasteiger partial charge in [0.1, 0.15) is 5.41 Å². The van der Waals surface area contributed by atoms with Crippen molar-refractivity contribution in [2.45, 2.75) is 19.8 Å². The highest BCUT2D eigenvalue weighted by molar-refractivity contribution is 6.44. The van der Waals surface area contributed by atoms with E-state index in [4.69, 9.17) is 34.8 Å². The number of anilines is 2. The van der Waals surface area contributed by atoms with Crippen molar-refractivity contribution in [3.8, 4) is 0 Å². The highest BCUT2D eigenvalue weighted by Gasteiger charge is 2.56. The van der Waals surface area contributed by atoms with Gasteiger partial charge >= 0.3 is 0 Å². The molecule has 1 saturated carbocycles.